The van der Waals surface area contributed by atoms with E-state index in [1.165, 1.54) is 15.7 Å². The summed E-state index contributed by atoms with van der Waals surface area (Å²) in [6.07, 6.45) is 1.73. The number of hydrogen-bond donors (Lipinski definition) is 0. The molecule has 0 aliphatic carbocycles. The zero-order valence-electron chi connectivity index (χ0n) is 9.51. The molecule has 0 saturated heterocycles. The lowest BCUT2D eigenvalue weighted by Crippen LogP contribution is -1.78. The Morgan fingerprint density at radius 1 is 0.833 bits per heavy atom. The number of hydrogen-bond acceptors (Lipinski definition) is 2. The van der Waals surface area contributed by atoms with Crippen molar-refractivity contribution in [1.82, 2.24) is 4.98 Å². The zero-order chi connectivity index (χ0) is 12.4. The molecule has 0 radical (unpaired) electrons. The van der Waals surface area contributed by atoms with E-state index in [0.717, 1.165) is 4.90 Å². The van der Waals surface area contributed by atoms with Crippen molar-refractivity contribution >= 4 is 34.1 Å². The van der Waals surface area contributed by atoms with Gasteiger partial charge in [-0.1, -0.05) is 53.7 Å². The molecule has 0 fully saturated rings. The van der Waals surface area contributed by atoms with Gasteiger partial charge in [-0.2, -0.15) is 0 Å². The second kappa shape index (κ2) is 5.01. The average Bonchev–Trinajstić information content (AvgIpc) is 2.39. The fourth-order valence-electron chi connectivity index (χ4n) is 1.82. The van der Waals surface area contributed by atoms with Crippen molar-refractivity contribution < 1.29 is 0 Å². The average molecular weight is 272 g/mol. The topological polar surface area (TPSA) is 12.9 Å². The van der Waals surface area contributed by atoms with Crippen LogP contribution in [0.25, 0.3) is 10.8 Å². The summed E-state index contributed by atoms with van der Waals surface area (Å²) in [4.78, 5) is 6.29. The van der Waals surface area contributed by atoms with Gasteiger partial charge in [-0.25, -0.2) is 4.98 Å². The van der Waals surface area contributed by atoms with E-state index < -0.39 is 0 Å². The summed E-state index contributed by atoms with van der Waals surface area (Å²) < 4.78 is 0. The Labute approximate surface area is 115 Å². The normalized spacial score (nSPS) is 10.7. The summed E-state index contributed by atoms with van der Waals surface area (Å²) in [7, 11) is 0. The Bertz CT molecular complexity index is 697. The molecule has 0 aliphatic heterocycles. The highest BCUT2D eigenvalue weighted by Crippen LogP contribution is 2.30. The third kappa shape index (κ3) is 2.50. The van der Waals surface area contributed by atoms with Crippen LogP contribution in [-0.4, -0.2) is 4.98 Å². The number of benzene rings is 2. The van der Waals surface area contributed by atoms with Crippen LogP contribution in [0, 0.1) is 0 Å². The van der Waals surface area contributed by atoms with Crippen molar-refractivity contribution in [3.63, 3.8) is 0 Å². The lowest BCUT2D eigenvalue weighted by atomic mass is 10.1. The Kier molecular flexibility index (Phi) is 3.22. The van der Waals surface area contributed by atoms with Gasteiger partial charge in [0.2, 0.25) is 0 Å². The molecule has 0 spiro atoms. The van der Waals surface area contributed by atoms with Gasteiger partial charge in [-0.15, -0.1) is 0 Å². The predicted octanol–water partition coefficient (Wildman–Crippen LogP) is 5.04. The highest BCUT2D eigenvalue weighted by molar-refractivity contribution is 7.99. The van der Waals surface area contributed by atoms with Gasteiger partial charge in [0.05, 0.1) is 0 Å². The van der Waals surface area contributed by atoms with Crippen LogP contribution in [0.1, 0.15) is 0 Å². The fraction of sp³-hybridized carbons (Fsp3) is 0. The Balaban J connectivity index is 1.95. The SMILES string of the molecule is Clc1cc(Sc2ccc3ccccc3c2)ccn1. The molecule has 0 N–H and O–H groups in total. The number of rotatable bonds is 2. The molecule has 3 heteroatoms. The first-order valence-electron chi connectivity index (χ1n) is 5.59. The van der Waals surface area contributed by atoms with E-state index in [2.05, 4.69) is 47.4 Å². The lowest BCUT2D eigenvalue weighted by molar-refractivity contribution is 1.26. The predicted molar refractivity (Wildman–Crippen MR) is 77.3 cm³/mol. The molecule has 1 heterocycles. The number of halogens is 1. The summed E-state index contributed by atoms with van der Waals surface area (Å²) in [5.74, 6) is 0. The molecule has 1 nitrogen and oxygen atoms in total. The highest BCUT2D eigenvalue weighted by atomic mass is 35.5. The fourth-order valence-corrected chi connectivity index (χ4v) is 2.95. The van der Waals surface area contributed by atoms with Crippen molar-refractivity contribution in [1.29, 1.82) is 0 Å². The third-order valence-electron chi connectivity index (χ3n) is 2.65. The maximum absolute atomic E-state index is 5.88. The smallest absolute Gasteiger partial charge is 0.130 e. The quantitative estimate of drug-likeness (QED) is 0.606. The monoisotopic (exact) mass is 271 g/mol. The van der Waals surface area contributed by atoms with E-state index in [9.17, 15) is 0 Å². The van der Waals surface area contributed by atoms with Crippen molar-refractivity contribution in [2.24, 2.45) is 0 Å². The molecule has 0 amide bonds. The standard InChI is InChI=1S/C15H10ClNS/c16-15-10-14(7-8-17-15)18-13-6-5-11-3-1-2-4-12(11)9-13/h1-10H. The van der Waals surface area contributed by atoms with Crippen LogP contribution in [0.3, 0.4) is 0 Å². The summed E-state index contributed by atoms with van der Waals surface area (Å²) in [5, 5.41) is 3.04. The minimum atomic E-state index is 0.529. The molecule has 0 bridgehead atoms. The van der Waals surface area contributed by atoms with Crippen molar-refractivity contribution in [2.75, 3.05) is 0 Å². The van der Waals surface area contributed by atoms with E-state index in [1.54, 1.807) is 18.0 Å². The first-order chi connectivity index (χ1) is 8.81. The van der Waals surface area contributed by atoms with Gasteiger partial charge >= 0.3 is 0 Å². The maximum atomic E-state index is 5.88. The summed E-state index contributed by atoms with van der Waals surface area (Å²) in [6.45, 7) is 0. The van der Waals surface area contributed by atoms with Gasteiger partial charge in [0.25, 0.3) is 0 Å². The molecular weight excluding hydrogens is 262 g/mol. The Morgan fingerprint density at radius 2 is 1.61 bits per heavy atom. The molecule has 3 rings (SSSR count). The van der Waals surface area contributed by atoms with Crippen LogP contribution in [-0.2, 0) is 0 Å². The van der Waals surface area contributed by atoms with Gasteiger partial charge in [-0.3, -0.25) is 0 Å². The van der Waals surface area contributed by atoms with Crippen LogP contribution in [0.4, 0.5) is 0 Å². The second-order valence-corrected chi connectivity index (χ2v) is 5.46. The molecule has 88 valence electrons. The molecule has 0 aliphatic rings. The van der Waals surface area contributed by atoms with Crippen molar-refractivity contribution in [2.45, 2.75) is 9.79 Å². The lowest BCUT2D eigenvalue weighted by Gasteiger charge is -2.04. The molecule has 18 heavy (non-hydrogen) atoms. The van der Waals surface area contributed by atoms with Gasteiger partial charge in [-0.05, 0) is 35.0 Å². The van der Waals surface area contributed by atoms with Crippen LogP contribution in [0.5, 0.6) is 0 Å². The summed E-state index contributed by atoms with van der Waals surface area (Å²) >= 11 is 7.57. The molecule has 2 aromatic carbocycles. The van der Waals surface area contributed by atoms with Crippen LogP contribution >= 0.6 is 23.4 Å². The minimum absolute atomic E-state index is 0.529. The first kappa shape index (κ1) is 11.6. The first-order valence-corrected chi connectivity index (χ1v) is 6.79. The summed E-state index contributed by atoms with van der Waals surface area (Å²) in [6, 6.07) is 18.6. The van der Waals surface area contributed by atoms with E-state index in [4.69, 9.17) is 11.6 Å². The molecule has 0 unspecified atom stereocenters. The number of nitrogens with zero attached hydrogens (tertiary/aromatic N) is 1. The van der Waals surface area contributed by atoms with E-state index in [1.807, 2.05) is 12.1 Å². The van der Waals surface area contributed by atoms with Crippen LogP contribution in [0.15, 0.2) is 70.6 Å². The Morgan fingerprint density at radius 3 is 2.44 bits per heavy atom. The number of pyridine rings is 1. The largest absolute Gasteiger partial charge is 0.244 e. The highest BCUT2D eigenvalue weighted by Gasteiger charge is 2.00. The molecule has 3 aromatic rings. The van der Waals surface area contributed by atoms with E-state index in [0.29, 0.717) is 5.15 Å². The summed E-state index contributed by atoms with van der Waals surface area (Å²) in [5.41, 5.74) is 0. The van der Waals surface area contributed by atoms with Crippen LogP contribution in [0.2, 0.25) is 5.15 Å². The molecule has 0 atom stereocenters. The molecule has 1 aromatic heterocycles. The van der Waals surface area contributed by atoms with E-state index in [-0.39, 0.29) is 0 Å². The second-order valence-electron chi connectivity index (χ2n) is 3.93. The van der Waals surface area contributed by atoms with Gasteiger partial charge in [0.1, 0.15) is 5.15 Å². The molecular formula is C15H10ClNS. The van der Waals surface area contributed by atoms with Gasteiger partial charge in [0.15, 0.2) is 0 Å². The zero-order valence-corrected chi connectivity index (χ0v) is 11.1. The molecule has 0 saturated carbocycles. The number of fused-ring (bicyclic) bond motifs is 1. The van der Waals surface area contributed by atoms with Crippen molar-refractivity contribution in [3.05, 3.63) is 65.9 Å². The Hall–Kier alpha value is -1.51. The maximum Gasteiger partial charge on any atom is 0.130 e. The van der Waals surface area contributed by atoms with Crippen LogP contribution < -0.4 is 0 Å². The van der Waals surface area contributed by atoms with E-state index >= 15 is 0 Å². The third-order valence-corrected chi connectivity index (χ3v) is 3.84. The van der Waals surface area contributed by atoms with Gasteiger partial charge in [0, 0.05) is 16.0 Å². The number of aromatic nitrogens is 1. The van der Waals surface area contributed by atoms with Crippen molar-refractivity contribution in [3.8, 4) is 0 Å². The minimum Gasteiger partial charge on any atom is -0.244 e. The van der Waals surface area contributed by atoms with Gasteiger partial charge < -0.3 is 0 Å².